The summed E-state index contributed by atoms with van der Waals surface area (Å²) in [6.07, 6.45) is 6.07. The second-order valence-electron chi connectivity index (χ2n) is 8.12. The molecule has 4 fully saturated rings. The van der Waals surface area contributed by atoms with Crippen LogP contribution < -0.4 is 10.6 Å². The Bertz CT molecular complexity index is 603. The second-order valence-corrected chi connectivity index (χ2v) is 8.12. The molecule has 6 atom stereocenters. The van der Waals surface area contributed by atoms with E-state index in [1.54, 1.807) is 0 Å². The number of carbonyl (C=O) groups is 1. The van der Waals surface area contributed by atoms with Crippen LogP contribution >= 0.6 is 0 Å². The zero-order chi connectivity index (χ0) is 16.1. The number of urea groups is 1. The minimum absolute atomic E-state index is 0.0347. The maximum absolute atomic E-state index is 12.4. The van der Waals surface area contributed by atoms with E-state index >= 15 is 0 Å². The lowest BCUT2D eigenvalue weighted by atomic mass is 9.97. The largest absolute Gasteiger partial charge is 0.373 e. The van der Waals surface area contributed by atoms with Gasteiger partial charge in [0.25, 0.3) is 0 Å². The number of hydrogen-bond acceptors (Lipinski definition) is 2. The van der Waals surface area contributed by atoms with Gasteiger partial charge in [-0.1, -0.05) is 30.3 Å². The molecule has 0 radical (unpaired) electrons. The SMILES string of the molecule is O=C(NC1CCOC(c2ccccc2)C1)NC1C2C3CCC(C3)C12. The summed E-state index contributed by atoms with van der Waals surface area (Å²) in [4.78, 5) is 12.4. The number of fused-ring (bicyclic) bond motifs is 5. The Labute approximate surface area is 143 Å². The van der Waals surface area contributed by atoms with Gasteiger partial charge in [0, 0.05) is 18.7 Å². The lowest BCUT2D eigenvalue weighted by Crippen LogP contribution is -2.46. The van der Waals surface area contributed by atoms with Gasteiger partial charge >= 0.3 is 6.03 Å². The molecule has 6 unspecified atom stereocenters. The molecule has 1 saturated heterocycles. The van der Waals surface area contributed by atoms with E-state index in [2.05, 4.69) is 22.8 Å². The predicted molar refractivity (Wildman–Crippen MR) is 91.4 cm³/mol. The molecule has 3 saturated carbocycles. The number of amides is 2. The highest BCUT2D eigenvalue weighted by Crippen LogP contribution is 2.65. The topological polar surface area (TPSA) is 50.4 Å². The first-order valence-electron chi connectivity index (χ1n) is 9.53. The zero-order valence-corrected chi connectivity index (χ0v) is 14.0. The monoisotopic (exact) mass is 326 g/mol. The van der Waals surface area contributed by atoms with Gasteiger partial charge in [0.15, 0.2) is 0 Å². The standard InChI is InChI=1S/C20H26N2O2/c23-20(22-19-17-13-6-7-14(10-13)18(17)19)21-15-8-9-24-16(11-15)12-4-2-1-3-5-12/h1-5,13-19H,6-11H2,(H2,21,22,23). The summed E-state index contributed by atoms with van der Waals surface area (Å²) in [5.74, 6) is 3.38. The first kappa shape index (κ1) is 14.8. The van der Waals surface area contributed by atoms with E-state index < -0.39 is 0 Å². The summed E-state index contributed by atoms with van der Waals surface area (Å²) >= 11 is 0. The third-order valence-electron chi connectivity index (χ3n) is 6.82. The van der Waals surface area contributed by atoms with Crippen LogP contribution in [0.1, 0.15) is 43.8 Å². The van der Waals surface area contributed by atoms with E-state index in [1.807, 2.05) is 18.2 Å². The van der Waals surface area contributed by atoms with Crippen molar-refractivity contribution in [2.24, 2.45) is 23.7 Å². The van der Waals surface area contributed by atoms with Crippen molar-refractivity contribution in [2.75, 3.05) is 6.61 Å². The Morgan fingerprint density at radius 3 is 2.46 bits per heavy atom. The van der Waals surface area contributed by atoms with E-state index in [4.69, 9.17) is 4.74 Å². The van der Waals surface area contributed by atoms with Crippen LogP contribution in [0.15, 0.2) is 30.3 Å². The quantitative estimate of drug-likeness (QED) is 0.896. The summed E-state index contributed by atoms with van der Waals surface area (Å²) < 4.78 is 5.89. The molecule has 3 aliphatic carbocycles. The van der Waals surface area contributed by atoms with Crippen molar-refractivity contribution in [1.82, 2.24) is 10.6 Å². The van der Waals surface area contributed by atoms with Crippen LogP contribution in [0.2, 0.25) is 0 Å². The second kappa shape index (κ2) is 5.76. The fraction of sp³-hybridized carbons (Fsp3) is 0.650. The van der Waals surface area contributed by atoms with Crippen molar-refractivity contribution in [3.63, 3.8) is 0 Å². The fourth-order valence-corrected chi connectivity index (χ4v) is 5.72. The molecule has 2 amide bonds. The molecule has 24 heavy (non-hydrogen) atoms. The molecular formula is C20H26N2O2. The van der Waals surface area contributed by atoms with Crippen molar-refractivity contribution < 1.29 is 9.53 Å². The van der Waals surface area contributed by atoms with E-state index in [1.165, 1.54) is 24.8 Å². The van der Waals surface area contributed by atoms with Gasteiger partial charge in [-0.05, 0) is 61.3 Å². The first-order valence-corrected chi connectivity index (χ1v) is 9.53. The predicted octanol–water partition coefficient (Wildman–Crippen LogP) is 3.25. The number of ether oxygens (including phenoxy) is 1. The third kappa shape index (κ3) is 2.52. The molecule has 2 bridgehead atoms. The Morgan fingerprint density at radius 2 is 1.71 bits per heavy atom. The molecule has 1 aromatic carbocycles. The van der Waals surface area contributed by atoms with Crippen LogP contribution in [0.25, 0.3) is 0 Å². The Morgan fingerprint density at radius 1 is 0.958 bits per heavy atom. The number of nitrogens with one attached hydrogen (secondary N) is 2. The maximum Gasteiger partial charge on any atom is 0.315 e. The van der Waals surface area contributed by atoms with Gasteiger partial charge in [0.2, 0.25) is 0 Å². The minimum Gasteiger partial charge on any atom is -0.373 e. The molecule has 128 valence electrons. The highest BCUT2D eigenvalue weighted by atomic mass is 16.5. The summed E-state index contributed by atoms with van der Waals surface area (Å²) in [7, 11) is 0. The first-order chi connectivity index (χ1) is 11.8. The highest BCUT2D eigenvalue weighted by molar-refractivity contribution is 5.75. The normalized spacial score (nSPS) is 42.4. The molecule has 5 rings (SSSR count). The smallest absolute Gasteiger partial charge is 0.315 e. The van der Waals surface area contributed by atoms with Gasteiger partial charge in [-0.15, -0.1) is 0 Å². The van der Waals surface area contributed by atoms with E-state index in [0.29, 0.717) is 12.6 Å². The van der Waals surface area contributed by atoms with Gasteiger partial charge in [0.1, 0.15) is 0 Å². The number of rotatable bonds is 3. The summed E-state index contributed by atoms with van der Waals surface area (Å²) in [5.41, 5.74) is 1.21. The summed E-state index contributed by atoms with van der Waals surface area (Å²) in [5, 5.41) is 6.47. The van der Waals surface area contributed by atoms with Crippen molar-refractivity contribution in [1.29, 1.82) is 0 Å². The van der Waals surface area contributed by atoms with Crippen molar-refractivity contribution in [2.45, 2.75) is 50.3 Å². The van der Waals surface area contributed by atoms with Crippen molar-refractivity contribution in [3.8, 4) is 0 Å². The van der Waals surface area contributed by atoms with Crippen molar-refractivity contribution in [3.05, 3.63) is 35.9 Å². The van der Waals surface area contributed by atoms with Crippen LogP contribution in [-0.2, 0) is 4.74 Å². The molecule has 1 aromatic rings. The van der Waals surface area contributed by atoms with Crippen LogP contribution in [0, 0.1) is 23.7 Å². The number of benzene rings is 1. The molecule has 4 heteroatoms. The van der Waals surface area contributed by atoms with Crippen LogP contribution in [0.4, 0.5) is 4.79 Å². The van der Waals surface area contributed by atoms with Crippen molar-refractivity contribution >= 4 is 6.03 Å². The molecule has 1 aliphatic heterocycles. The Hall–Kier alpha value is -1.55. The molecule has 0 aromatic heterocycles. The van der Waals surface area contributed by atoms with Gasteiger partial charge in [-0.2, -0.15) is 0 Å². The number of hydrogen-bond donors (Lipinski definition) is 2. The third-order valence-corrected chi connectivity index (χ3v) is 6.82. The van der Waals surface area contributed by atoms with Crippen LogP contribution in [0.5, 0.6) is 0 Å². The highest BCUT2D eigenvalue weighted by Gasteiger charge is 2.65. The fourth-order valence-electron chi connectivity index (χ4n) is 5.72. The van der Waals surface area contributed by atoms with E-state index in [9.17, 15) is 4.79 Å². The van der Waals surface area contributed by atoms with Gasteiger partial charge in [0.05, 0.1) is 6.10 Å². The molecule has 2 N–H and O–H groups in total. The molecule has 1 heterocycles. The van der Waals surface area contributed by atoms with E-state index in [-0.39, 0.29) is 18.2 Å². The summed E-state index contributed by atoms with van der Waals surface area (Å²) in [6.45, 7) is 0.712. The average molecular weight is 326 g/mol. The maximum atomic E-state index is 12.4. The van der Waals surface area contributed by atoms with Crippen LogP contribution in [0.3, 0.4) is 0 Å². The average Bonchev–Trinajstić information content (AvgIpc) is 2.99. The molecule has 0 spiro atoms. The minimum atomic E-state index is 0.0347. The lowest BCUT2D eigenvalue weighted by Gasteiger charge is -2.30. The molecule has 4 nitrogen and oxygen atoms in total. The lowest BCUT2D eigenvalue weighted by molar-refractivity contribution is 0.00224. The Balaban J connectivity index is 1.14. The van der Waals surface area contributed by atoms with E-state index in [0.717, 1.165) is 36.5 Å². The number of carbonyl (C=O) groups excluding carboxylic acids is 1. The van der Waals surface area contributed by atoms with Gasteiger partial charge < -0.3 is 15.4 Å². The van der Waals surface area contributed by atoms with Gasteiger partial charge in [-0.3, -0.25) is 0 Å². The summed E-state index contributed by atoms with van der Waals surface area (Å²) in [6, 6.07) is 11.0. The van der Waals surface area contributed by atoms with Crippen LogP contribution in [-0.4, -0.2) is 24.7 Å². The molecular weight excluding hydrogens is 300 g/mol. The zero-order valence-electron chi connectivity index (χ0n) is 14.0. The molecule has 4 aliphatic rings. The van der Waals surface area contributed by atoms with Gasteiger partial charge in [-0.25, -0.2) is 4.79 Å². The Kier molecular flexibility index (Phi) is 3.55.